The van der Waals surface area contributed by atoms with E-state index in [1.807, 2.05) is 18.2 Å². The lowest BCUT2D eigenvalue weighted by atomic mass is 10.1. The molecule has 2 rings (SSSR count). The Morgan fingerprint density at radius 2 is 2.00 bits per heavy atom. The average molecular weight is 296 g/mol. The van der Waals surface area contributed by atoms with Crippen LogP contribution in [0.3, 0.4) is 0 Å². The molecule has 0 aliphatic heterocycles. The van der Waals surface area contributed by atoms with Crippen molar-refractivity contribution in [3.63, 3.8) is 0 Å². The normalized spacial score (nSPS) is 10.5. The maximum absolute atomic E-state index is 5.99. The Balaban J connectivity index is 2.11. The first-order valence-electron chi connectivity index (χ1n) is 6.18. The standard InChI is InChI=1S/C14H15Cl2N3/c1-2-6-17-13-5-7-18-14(19-13)9-10-3-4-11(15)12(16)8-10/h3-5,7-8H,2,6,9H2,1H3,(H,17,18,19). The fourth-order valence-electron chi connectivity index (χ4n) is 1.67. The van der Waals surface area contributed by atoms with Crippen molar-refractivity contribution in [2.45, 2.75) is 19.8 Å². The van der Waals surface area contributed by atoms with Crippen molar-refractivity contribution in [3.05, 3.63) is 51.9 Å². The van der Waals surface area contributed by atoms with E-state index in [1.165, 1.54) is 0 Å². The van der Waals surface area contributed by atoms with Gasteiger partial charge in [-0.3, -0.25) is 0 Å². The van der Waals surface area contributed by atoms with Crippen LogP contribution in [0.25, 0.3) is 0 Å². The van der Waals surface area contributed by atoms with Crippen LogP contribution in [0.2, 0.25) is 10.0 Å². The summed E-state index contributed by atoms with van der Waals surface area (Å²) in [6.45, 7) is 3.02. The number of hydrogen-bond donors (Lipinski definition) is 1. The molecule has 5 heteroatoms. The SMILES string of the molecule is CCCNc1ccnc(Cc2ccc(Cl)c(Cl)c2)n1. The molecule has 0 atom stereocenters. The molecule has 3 nitrogen and oxygen atoms in total. The molecule has 100 valence electrons. The molecule has 1 heterocycles. The summed E-state index contributed by atoms with van der Waals surface area (Å²) in [5, 5.41) is 4.36. The highest BCUT2D eigenvalue weighted by atomic mass is 35.5. The molecule has 0 radical (unpaired) electrons. The Hall–Kier alpha value is -1.32. The third kappa shape index (κ3) is 4.08. The molecule has 0 amide bonds. The quantitative estimate of drug-likeness (QED) is 0.898. The van der Waals surface area contributed by atoms with Crippen molar-refractivity contribution < 1.29 is 0 Å². The molecule has 19 heavy (non-hydrogen) atoms. The van der Waals surface area contributed by atoms with Gasteiger partial charge in [-0.25, -0.2) is 9.97 Å². The fourth-order valence-corrected chi connectivity index (χ4v) is 1.99. The Morgan fingerprint density at radius 1 is 1.16 bits per heavy atom. The lowest BCUT2D eigenvalue weighted by Gasteiger charge is -2.06. The van der Waals surface area contributed by atoms with E-state index in [2.05, 4.69) is 22.2 Å². The second-order valence-corrected chi connectivity index (χ2v) is 5.02. The number of anilines is 1. The summed E-state index contributed by atoms with van der Waals surface area (Å²) in [4.78, 5) is 8.73. The first-order valence-corrected chi connectivity index (χ1v) is 6.94. The molecule has 1 aromatic heterocycles. The summed E-state index contributed by atoms with van der Waals surface area (Å²) in [7, 11) is 0. The fraction of sp³-hybridized carbons (Fsp3) is 0.286. The number of rotatable bonds is 5. The lowest BCUT2D eigenvalue weighted by molar-refractivity contribution is 0.932. The van der Waals surface area contributed by atoms with Crippen molar-refractivity contribution in [2.24, 2.45) is 0 Å². The molecule has 0 aliphatic rings. The second-order valence-electron chi connectivity index (χ2n) is 4.21. The van der Waals surface area contributed by atoms with E-state index < -0.39 is 0 Å². The zero-order chi connectivity index (χ0) is 13.7. The van der Waals surface area contributed by atoms with Gasteiger partial charge in [0.15, 0.2) is 0 Å². The summed E-state index contributed by atoms with van der Waals surface area (Å²) in [5.74, 6) is 1.62. The van der Waals surface area contributed by atoms with E-state index in [0.717, 1.165) is 30.2 Å². The third-order valence-corrected chi connectivity index (χ3v) is 3.35. The predicted molar refractivity (Wildman–Crippen MR) is 80.1 cm³/mol. The number of nitrogens with zero attached hydrogens (tertiary/aromatic N) is 2. The summed E-state index contributed by atoms with van der Waals surface area (Å²) >= 11 is 11.9. The van der Waals surface area contributed by atoms with Crippen LogP contribution in [0.15, 0.2) is 30.5 Å². The molecule has 2 aromatic rings. The molecule has 0 fully saturated rings. The van der Waals surface area contributed by atoms with Gasteiger partial charge in [0.2, 0.25) is 0 Å². The maximum Gasteiger partial charge on any atom is 0.135 e. The second kappa shape index (κ2) is 6.73. The van der Waals surface area contributed by atoms with Crippen molar-refractivity contribution in [1.29, 1.82) is 0 Å². The Kier molecular flexibility index (Phi) is 5.00. The first kappa shape index (κ1) is 14.1. The van der Waals surface area contributed by atoms with Crippen LogP contribution in [0.1, 0.15) is 24.7 Å². The predicted octanol–water partition coefficient (Wildman–Crippen LogP) is 4.20. The van der Waals surface area contributed by atoms with Gasteiger partial charge in [0.1, 0.15) is 11.6 Å². The van der Waals surface area contributed by atoms with Crippen molar-refractivity contribution in [3.8, 4) is 0 Å². The highest BCUT2D eigenvalue weighted by molar-refractivity contribution is 6.42. The van der Waals surface area contributed by atoms with Gasteiger partial charge in [-0.1, -0.05) is 36.2 Å². The van der Waals surface area contributed by atoms with Gasteiger partial charge in [-0.15, -0.1) is 0 Å². The molecule has 1 N–H and O–H groups in total. The molecule has 0 spiro atoms. The third-order valence-electron chi connectivity index (χ3n) is 2.61. The van der Waals surface area contributed by atoms with E-state index >= 15 is 0 Å². The highest BCUT2D eigenvalue weighted by Gasteiger charge is 2.04. The molecular formula is C14H15Cl2N3. The van der Waals surface area contributed by atoms with Crippen LogP contribution in [0, 0.1) is 0 Å². The van der Waals surface area contributed by atoms with Crippen LogP contribution in [0.4, 0.5) is 5.82 Å². The number of halogens is 2. The zero-order valence-electron chi connectivity index (χ0n) is 10.7. The van der Waals surface area contributed by atoms with Gasteiger partial charge in [0.05, 0.1) is 10.0 Å². The molecule has 0 bridgehead atoms. The maximum atomic E-state index is 5.99. The van der Waals surface area contributed by atoms with Gasteiger partial charge in [0.25, 0.3) is 0 Å². The van der Waals surface area contributed by atoms with Crippen LogP contribution in [0.5, 0.6) is 0 Å². The van der Waals surface area contributed by atoms with Gasteiger partial charge >= 0.3 is 0 Å². The smallest absolute Gasteiger partial charge is 0.135 e. The minimum atomic E-state index is 0.555. The molecule has 0 unspecified atom stereocenters. The molecule has 0 saturated heterocycles. The number of benzene rings is 1. The summed E-state index contributed by atoms with van der Waals surface area (Å²) in [5.41, 5.74) is 1.04. The van der Waals surface area contributed by atoms with Crippen LogP contribution >= 0.6 is 23.2 Å². The van der Waals surface area contributed by atoms with E-state index in [4.69, 9.17) is 23.2 Å². The molecule has 0 aliphatic carbocycles. The summed E-state index contributed by atoms with van der Waals surface area (Å²) < 4.78 is 0. The van der Waals surface area contributed by atoms with Crippen molar-refractivity contribution in [2.75, 3.05) is 11.9 Å². The van der Waals surface area contributed by atoms with E-state index in [0.29, 0.717) is 16.5 Å². The van der Waals surface area contributed by atoms with Gasteiger partial charge in [0, 0.05) is 19.2 Å². The van der Waals surface area contributed by atoms with Crippen LogP contribution < -0.4 is 5.32 Å². The first-order chi connectivity index (χ1) is 9.19. The summed E-state index contributed by atoms with van der Waals surface area (Å²) in [6.07, 6.45) is 3.46. The molecule has 1 aromatic carbocycles. The number of aromatic nitrogens is 2. The zero-order valence-corrected chi connectivity index (χ0v) is 12.2. The van der Waals surface area contributed by atoms with Gasteiger partial charge in [-0.05, 0) is 30.2 Å². The largest absolute Gasteiger partial charge is 0.370 e. The topological polar surface area (TPSA) is 37.8 Å². The molecule has 0 saturated carbocycles. The highest BCUT2D eigenvalue weighted by Crippen LogP contribution is 2.23. The minimum absolute atomic E-state index is 0.555. The Bertz CT molecular complexity index is 558. The van der Waals surface area contributed by atoms with Crippen LogP contribution in [-0.2, 0) is 6.42 Å². The summed E-state index contributed by atoms with van der Waals surface area (Å²) in [6, 6.07) is 7.44. The van der Waals surface area contributed by atoms with Crippen LogP contribution in [-0.4, -0.2) is 16.5 Å². The number of nitrogens with one attached hydrogen (secondary N) is 1. The molecular weight excluding hydrogens is 281 g/mol. The van der Waals surface area contributed by atoms with Crippen molar-refractivity contribution in [1.82, 2.24) is 9.97 Å². The van der Waals surface area contributed by atoms with Crippen molar-refractivity contribution >= 4 is 29.0 Å². The van der Waals surface area contributed by atoms with Gasteiger partial charge in [-0.2, -0.15) is 0 Å². The van der Waals surface area contributed by atoms with E-state index in [1.54, 1.807) is 12.3 Å². The van der Waals surface area contributed by atoms with E-state index in [9.17, 15) is 0 Å². The van der Waals surface area contributed by atoms with Gasteiger partial charge < -0.3 is 5.32 Å². The monoisotopic (exact) mass is 295 g/mol. The number of hydrogen-bond acceptors (Lipinski definition) is 3. The average Bonchev–Trinajstić information content (AvgIpc) is 2.41. The Morgan fingerprint density at radius 3 is 2.74 bits per heavy atom. The minimum Gasteiger partial charge on any atom is -0.370 e. The Labute approximate surface area is 123 Å². The lowest BCUT2D eigenvalue weighted by Crippen LogP contribution is -2.05. The van der Waals surface area contributed by atoms with E-state index in [-0.39, 0.29) is 0 Å².